The zero-order valence-electron chi connectivity index (χ0n) is 11.6. The Balaban J connectivity index is 2.24. The van der Waals surface area contributed by atoms with Crippen LogP contribution in [0.15, 0.2) is 24.7 Å². The van der Waals surface area contributed by atoms with Crippen LogP contribution in [-0.2, 0) is 17.9 Å². The van der Waals surface area contributed by atoms with Gasteiger partial charge in [0, 0.05) is 21.1 Å². The van der Waals surface area contributed by atoms with Crippen molar-refractivity contribution in [2.45, 2.75) is 32.1 Å². The normalized spacial score (nSPS) is 14.2. The first-order valence-electron chi connectivity index (χ1n) is 6.03. The maximum atomic E-state index is 12.3. The van der Waals surface area contributed by atoms with Gasteiger partial charge < -0.3 is 8.95 Å². The quantitative estimate of drug-likeness (QED) is 0.457. The molecule has 0 N–H and O–H groups in total. The van der Waals surface area contributed by atoms with Gasteiger partial charge in [0.25, 0.3) is 7.98 Å². The zero-order valence-corrected chi connectivity index (χ0v) is 14.5. The fourth-order valence-corrected chi connectivity index (χ4v) is 3.51. The maximum absolute atomic E-state index is 12.3. The summed E-state index contributed by atoms with van der Waals surface area (Å²) in [7, 11) is 1.88. The molecule has 0 aromatic carbocycles. The second-order valence-electron chi connectivity index (χ2n) is 5.48. The summed E-state index contributed by atoms with van der Waals surface area (Å²) in [6.45, 7) is 6.52. The van der Waals surface area contributed by atoms with Crippen molar-refractivity contribution in [1.82, 2.24) is 13.6 Å². The molecule has 0 aliphatic carbocycles. The molecule has 0 amide bonds. The van der Waals surface area contributed by atoms with Crippen molar-refractivity contribution in [3.63, 3.8) is 0 Å². The third kappa shape index (κ3) is 3.45. The number of halogens is 1. The highest BCUT2D eigenvalue weighted by Crippen LogP contribution is 2.21. The highest BCUT2D eigenvalue weighted by Gasteiger charge is 2.30. The lowest BCUT2D eigenvalue weighted by molar-refractivity contribution is 0.498. The molecule has 0 saturated carbocycles. The first-order chi connectivity index (χ1) is 8.79. The second kappa shape index (κ2) is 5.63. The third-order valence-electron chi connectivity index (χ3n) is 2.76. The second-order valence-corrected chi connectivity index (χ2v) is 9.07. The zero-order chi connectivity index (χ0) is 14.2. The molecule has 0 saturated heterocycles. The Morgan fingerprint density at radius 3 is 2.84 bits per heavy atom. The van der Waals surface area contributed by atoms with Crippen molar-refractivity contribution >= 4 is 47.5 Å². The van der Waals surface area contributed by atoms with Gasteiger partial charge in [-0.05, 0) is 55.5 Å². The van der Waals surface area contributed by atoms with E-state index < -0.39 is 11.4 Å². The molecule has 4 nitrogen and oxygen atoms in total. The van der Waals surface area contributed by atoms with Crippen molar-refractivity contribution < 1.29 is 4.55 Å². The van der Waals surface area contributed by atoms with E-state index in [1.165, 1.54) is 3.57 Å². The van der Waals surface area contributed by atoms with Crippen LogP contribution in [0.2, 0.25) is 0 Å². The fraction of sp³-hybridized carbons (Fsp3) is 0.417. The third-order valence-corrected chi connectivity index (χ3v) is 5.17. The lowest BCUT2D eigenvalue weighted by Gasteiger charge is -2.30. The van der Waals surface area contributed by atoms with Gasteiger partial charge in [-0.2, -0.15) is 4.22 Å². The van der Waals surface area contributed by atoms with Crippen LogP contribution in [-0.4, -0.2) is 30.9 Å². The molecule has 1 unspecified atom stereocenters. The van der Waals surface area contributed by atoms with E-state index in [0.29, 0.717) is 6.54 Å². The van der Waals surface area contributed by atoms with Crippen LogP contribution < -0.4 is 0 Å². The van der Waals surface area contributed by atoms with Gasteiger partial charge in [-0.3, -0.25) is 0 Å². The van der Waals surface area contributed by atoms with Gasteiger partial charge in [0.1, 0.15) is 4.75 Å². The molecule has 1 atom stereocenters. The molecule has 0 radical (unpaired) electrons. The van der Waals surface area contributed by atoms with Gasteiger partial charge in [-0.1, -0.05) is 0 Å². The molecule has 102 valence electrons. The minimum absolute atomic E-state index is 0.251. The number of fused-ring (bicyclic) bond motifs is 1. The van der Waals surface area contributed by atoms with Crippen LogP contribution in [0, 0.1) is 3.57 Å². The minimum atomic E-state index is -1.03. The van der Waals surface area contributed by atoms with Gasteiger partial charge in [-0.25, -0.2) is 4.98 Å². The standard InChI is InChI=1S/C12H17BIN3OS/c1-12(2,3)19(18)17(13)7-10-11-6-9(14)4-5-16(11)8-15-10/h4-6,8H,7,13H2,1-3H3. The topological polar surface area (TPSA) is 43.6 Å². The number of aromatic nitrogens is 2. The average molecular weight is 389 g/mol. The van der Waals surface area contributed by atoms with Gasteiger partial charge in [0.2, 0.25) is 0 Å². The van der Waals surface area contributed by atoms with Crippen molar-refractivity contribution in [2.24, 2.45) is 0 Å². The van der Waals surface area contributed by atoms with Crippen LogP contribution in [0.4, 0.5) is 0 Å². The smallest absolute Gasteiger partial charge is 0.250 e. The van der Waals surface area contributed by atoms with Crippen molar-refractivity contribution in [3.05, 3.63) is 33.9 Å². The number of rotatable bonds is 3. The van der Waals surface area contributed by atoms with Gasteiger partial charge in [-0.15, -0.1) is 0 Å². The Hall–Kier alpha value is -0.245. The van der Waals surface area contributed by atoms with E-state index in [1.54, 1.807) is 6.33 Å². The molecule has 0 bridgehead atoms. The summed E-state index contributed by atoms with van der Waals surface area (Å²) >= 11 is 1.25. The fourth-order valence-electron chi connectivity index (χ4n) is 1.87. The highest BCUT2D eigenvalue weighted by atomic mass is 127. The summed E-state index contributed by atoms with van der Waals surface area (Å²) < 4.78 is 17.1. The number of pyridine rings is 1. The molecule has 0 aliphatic heterocycles. The summed E-state index contributed by atoms with van der Waals surface area (Å²) in [5.74, 6) is 0. The first kappa shape index (κ1) is 15.1. The van der Waals surface area contributed by atoms with E-state index in [9.17, 15) is 4.55 Å². The largest absolute Gasteiger partial charge is 0.598 e. The first-order valence-corrected chi connectivity index (χ1v) is 8.22. The molecular formula is C12H17BIN3OS. The van der Waals surface area contributed by atoms with Crippen molar-refractivity contribution in [2.75, 3.05) is 0 Å². The SMILES string of the molecule is BN(Cc1ncn2ccc(I)cc12)[S+]([O-])C(C)(C)C. The molecule has 2 aromatic rings. The van der Waals surface area contributed by atoms with Crippen LogP contribution in [0.25, 0.3) is 5.52 Å². The van der Waals surface area contributed by atoms with Gasteiger partial charge >= 0.3 is 0 Å². The van der Waals surface area contributed by atoms with Gasteiger partial charge in [0.05, 0.1) is 24.1 Å². The van der Waals surface area contributed by atoms with Crippen LogP contribution >= 0.6 is 22.6 Å². The molecular weight excluding hydrogens is 372 g/mol. The van der Waals surface area contributed by atoms with Gasteiger partial charge in [0.15, 0.2) is 0 Å². The Labute approximate surface area is 131 Å². The molecule has 2 heterocycles. The Bertz CT molecular complexity index is 584. The van der Waals surface area contributed by atoms with Crippen LogP contribution in [0.5, 0.6) is 0 Å². The summed E-state index contributed by atoms with van der Waals surface area (Å²) in [5, 5.41) is 0. The highest BCUT2D eigenvalue weighted by molar-refractivity contribution is 14.1. The van der Waals surface area contributed by atoms with Crippen LogP contribution in [0.3, 0.4) is 0 Å². The predicted octanol–water partition coefficient (Wildman–Crippen LogP) is 1.75. The lowest BCUT2D eigenvalue weighted by atomic mass is 10.3. The van der Waals surface area contributed by atoms with Crippen LogP contribution in [0.1, 0.15) is 26.5 Å². The molecule has 0 fully saturated rings. The number of nitrogens with zero attached hydrogens (tertiary/aromatic N) is 3. The number of hydrogen-bond acceptors (Lipinski definition) is 3. The summed E-state index contributed by atoms with van der Waals surface area (Å²) in [4.78, 5) is 4.42. The summed E-state index contributed by atoms with van der Waals surface area (Å²) in [6, 6.07) is 4.13. The minimum Gasteiger partial charge on any atom is -0.598 e. The molecule has 0 spiro atoms. The van der Waals surface area contributed by atoms with E-state index in [0.717, 1.165) is 11.2 Å². The predicted molar refractivity (Wildman–Crippen MR) is 89.9 cm³/mol. The van der Waals surface area contributed by atoms with E-state index in [4.69, 9.17) is 0 Å². The van der Waals surface area contributed by atoms with Crippen molar-refractivity contribution in [3.8, 4) is 0 Å². The van der Waals surface area contributed by atoms with Crippen molar-refractivity contribution in [1.29, 1.82) is 0 Å². The molecule has 19 heavy (non-hydrogen) atoms. The molecule has 7 heteroatoms. The van der Waals surface area contributed by atoms with E-state index >= 15 is 0 Å². The average Bonchev–Trinajstić information content (AvgIpc) is 2.69. The summed E-state index contributed by atoms with van der Waals surface area (Å²) in [5.41, 5.74) is 2.03. The lowest BCUT2D eigenvalue weighted by Crippen LogP contribution is -2.41. The Kier molecular flexibility index (Phi) is 4.49. The van der Waals surface area contributed by atoms with E-state index in [1.807, 2.05) is 49.6 Å². The Morgan fingerprint density at radius 2 is 2.21 bits per heavy atom. The maximum Gasteiger partial charge on any atom is 0.250 e. The van der Waals surface area contributed by atoms with E-state index in [-0.39, 0.29) is 4.75 Å². The number of hydrogen-bond donors (Lipinski definition) is 0. The van der Waals surface area contributed by atoms with E-state index in [2.05, 4.69) is 33.6 Å². The molecule has 2 rings (SSSR count). The Morgan fingerprint density at radius 1 is 1.53 bits per heavy atom. The number of imidazole rings is 1. The summed E-state index contributed by atoms with van der Waals surface area (Å²) in [6.07, 6.45) is 3.79. The monoisotopic (exact) mass is 389 g/mol. The molecule has 2 aromatic heterocycles. The molecule has 0 aliphatic rings.